The Morgan fingerprint density at radius 2 is 2.00 bits per heavy atom. The van der Waals surface area contributed by atoms with E-state index in [0.717, 1.165) is 5.92 Å². The minimum absolute atomic E-state index is 0.631. The second kappa shape index (κ2) is 1.61. The molecule has 0 aromatic heterocycles. The van der Waals surface area contributed by atoms with E-state index in [1.807, 2.05) is 0 Å². The van der Waals surface area contributed by atoms with Crippen molar-refractivity contribution in [2.75, 3.05) is 0 Å². The normalized spacial score (nSPS) is 33.6. The third-order valence-corrected chi connectivity index (χ3v) is 2.01. The van der Waals surface area contributed by atoms with Crippen molar-refractivity contribution < 1.29 is 0 Å². The molecule has 0 heteroatoms. The Hall–Kier alpha value is -0.260. The summed E-state index contributed by atoms with van der Waals surface area (Å²) in [6, 6.07) is 0. The highest BCUT2D eigenvalue weighted by Gasteiger charge is 2.43. The molecule has 46 valence electrons. The predicted molar refractivity (Wildman–Crippen MR) is 36.7 cm³/mol. The summed E-state index contributed by atoms with van der Waals surface area (Å²) >= 11 is 0. The SMILES string of the molecule is C/C=C\C1CC1(C)C. The number of hydrogen-bond acceptors (Lipinski definition) is 0. The van der Waals surface area contributed by atoms with E-state index in [2.05, 4.69) is 32.9 Å². The van der Waals surface area contributed by atoms with E-state index in [1.165, 1.54) is 6.42 Å². The Kier molecular flexibility index (Phi) is 1.18. The van der Waals surface area contributed by atoms with Gasteiger partial charge in [0.2, 0.25) is 0 Å². The van der Waals surface area contributed by atoms with Gasteiger partial charge in [-0.1, -0.05) is 26.0 Å². The lowest BCUT2D eigenvalue weighted by Crippen LogP contribution is -1.84. The van der Waals surface area contributed by atoms with E-state index in [9.17, 15) is 0 Å². The van der Waals surface area contributed by atoms with E-state index in [4.69, 9.17) is 0 Å². The number of hydrogen-bond donors (Lipinski definition) is 0. The Morgan fingerprint density at radius 3 is 2.12 bits per heavy atom. The molecule has 0 nitrogen and oxygen atoms in total. The fourth-order valence-corrected chi connectivity index (χ4v) is 1.07. The van der Waals surface area contributed by atoms with Gasteiger partial charge in [-0.2, -0.15) is 0 Å². The van der Waals surface area contributed by atoms with Gasteiger partial charge in [0.25, 0.3) is 0 Å². The minimum Gasteiger partial charge on any atom is -0.0914 e. The summed E-state index contributed by atoms with van der Waals surface area (Å²) in [6.07, 6.45) is 5.84. The Balaban J connectivity index is 2.37. The van der Waals surface area contributed by atoms with Gasteiger partial charge < -0.3 is 0 Å². The van der Waals surface area contributed by atoms with Crippen LogP contribution in [0.1, 0.15) is 27.2 Å². The van der Waals surface area contributed by atoms with E-state index in [-0.39, 0.29) is 0 Å². The molecule has 1 rings (SSSR count). The molecule has 0 radical (unpaired) electrons. The van der Waals surface area contributed by atoms with Crippen molar-refractivity contribution in [1.82, 2.24) is 0 Å². The highest BCUT2D eigenvalue weighted by molar-refractivity contribution is 5.06. The first kappa shape index (κ1) is 5.87. The van der Waals surface area contributed by atoms with Gasteiger partial charge in [-0.3, -0.25) is 0 Å². The van der Waals surface area contributed by atoms with Gasteiger partial charge in [-0.05, 0) is 24.7 Å². The van der Waals surface area contributed by atoms with Crippen molar-refractivity contribution in [3.63, 3.8) is 0 Å². The molecule has 0 spiro atoms. The van der Waals surface area contributed by atoms with Gasteiger partial charge >= 0.3 is 0 Å². The molecule has 8 heavy (non-hydrogen) atoms. The van der Waals surface area contributed by atoms with E-state index in [0.29, 0.717) is 5.41 Å². The molecular weight excluding hydrogens is 96.1 g/mol. The molecule has 0 aromatic carbocycles. The van der Waals surface area contributed by atoms with Crippen LogP contribution in [0.3, 0.4) is 0 Å². The van der Waals surface area contributed by atoms with Crippen molar-refractivity contribution in [2.24, 2.45) is 11.3 Å². The van der Waals surface area contributed by atoms with E-state index in [1.54, 1.807) is 0 Å². The van der Waals surface area contributed by atoms with Gasteiger partial charge in [-0.25, -0.2) is 0 Å². The van der Waals surface area contributed by atoms with Crippen molar-refractivity contribution in [3.05, 3.63) is 12.2 Å². The summed E-state index contributed by atoms with van der Waals surface area (Å²) in [6.45, 7) is 6.73. The highest BCUT2D eigenvalue weighted by Crippen LogP contribution is 2.52. The predicted octanol–water partition coefficient (Wildman–Crippen LogP) is 2.61. The third-order valence-electron chi connectivity index (χ3n) is 2.01. The van der Waals surface area contributed by atoms with Gasteiger partial charge in [0, 0.05) is 0 Å². The molecule has 0 heterocycles. The van der Waals surface area contributed by atoms with Crippen molar-refractivity contribution in [3.8, 4) is 0 Å². The van der Waals surface area contributed by atoms with Crippen LogP contribution in [0.25, 0.3) is 0 Å². The van der Waals surface area contributed by atoms with Gasteiger partial charge in [0.1, 0.15) is 0 Å². The monoisotopic (exact) mass is 110 g/mol. The maximum atomic E-state index is 2.32. The minimum atomic E-state index is 0.631. The summed E-state index contributed by atoms with van der Waals surface area (Å²) in [4.78, 5) is 0. The zero-order valence-electron chi connectivity index (χ0n) is 5.94. The molecule has 0 amide bonds. The average Bonchev–Trinajstić information content (AvgIpc) is 2.15. The van der Waals surface area contributed by atoms with Crippen LogP contribution in [0.5, 0.6) is 0 Å². The zero-order valence-corrected chi connectivity index (χ0v) is 5.94. The second-order valence-corrected chi connectivity index (χ2v) is 3.32. The topological polar surface area (TPSA) is 0 Å². The summed E-state index contributed by atoms with van der Waals surface area (Å²) < 4.78 is 0. The molecule has 0 aliphatic heterocycles. The molecule has 0 aromatic rings. The molecule has 0 N–H and O–H groups in total. The molecule has 1 saturated carbocycles. The van der Waals surface area contributed by atoms with Crippen LogP contribution in [0.15, 0.2) is 12.2 Å². The molecule has 1 fully saturated rings. The van der Waals surface area contributed by atoms with Crippen LogP contribution in [0.4, 0.5) is 0 Å². The Labute approximate surface area is 51.6 Å². The van der Waals surface area contributed by atoms with E-state index >= 15 is 0 Å². The molecular formula is C8H14. The molecule has 1 aliphatic rings. The summed E-state index contributed by atoms with van der Waals surface area (Å²) in [5, 5.41) is 0. The summed E-state index contributed by atoms with van der Waals surface area (Å²) in [7, 11) is 0. The first-order valence-corrected chi connectivity index (χ1v) is 3.29. The summed E-state index contributed by atoms with van der Waals surface area (Å²) in [5.74, 6) is 0.882. The fourth-order valence-electron chi connectivity index (χ4n) is 1.07. The standard InChI is InChI=1S/C8H14/c1-4-5-7-6-8(7,2)3/h4-5,7H,6H2,1-3H3/b5-4-. The Morgan fingerprint density at radius 1 is 1.50 bits per heavy atom. The van der Waals surface area contributed by atoms with Crippen LogP contribution in [0.2, 0.25) is 0 Å². The maximum Gasteiger partial charge on any atom is -0.0177 e. The van der Waals surface area contributed by atoms with Crippen LogP contribution in [-0.4, -0.2) is 0 Å². The lowest BCUT2D eigenvalue weighted by Gasteiger charge is -1.93. The number of rotatable bonds is 1. The zero-order chi connectivity index (χ0) is 6.20. The molecule has 1 atom stereocenters. The highest BCUT2D eigenvalue weighted by atomic mass is 14.5. The maximum absolute atomic E-state index is 2.32. The van der Waals surface area contributed by atoms with Gasteiger partial charge in [0.15, 0.2) is 0 Å². The van der Waals surface area contributed by atoms with E-state index < -0.39 is 0 Å². The average molecular weight is 110 g/mol. The molecule has 0 bridgehead atoms. The first-order chi connectivity index (χ1) is 3.67. The quantitative estimate of drug-likeness (QED) is 0.455. The lowest BCUT2D eigenvalue weighted by atomic mass is 10.1. The third kappa shape index (κ3) is 0.936. The molecule has 1 unspecified atom stereocenters. The second-order valence-electron chi connectivity index (χ2n) is 3.32. The van der Waals surface area contributed by atoms with Crippen LogP contribution in [-0.2, 0) is 0 Å². The van der Waals surface area contributed by atoms with Crippen LogP contribution in [0, 0.1) is 11.3 Å². The van der Waals surface area contributed by atoms with Crippen molar-refractivity contribution in [2.45, 2.75) is 27.2 Å². The molecule has 1 aliphatic carbocycles. The summed E-state index contributed by atoms with van der Waals surface area (Å²) in [5.41, 5.74) is 0.631. The molecule has 0 saturated heterocycles. The Bertz CT molecular complexity index is 109. The van der Waals surface area contributed by atoms with Gasteiger partial charge in [-0.15, -0.1) is 0 Å². The van der Waals surface area contributed by atoms with Crippen molar-refractivity contribution >= 4 is 0 Å². The van der Waals surface area contributed by atoms with Gasteiger partial charge in [0.05, 0.1) is 0 Å². The van der Waals surface area contributed by atoms with Crippen molar-refractivity contribution in [1.29, 1.82) is 0 Å². The van der Waals surface area contributed by atoms with Crippen LogP contribution >= 0.6 is 0 Å². The largest absolute Gasteiger partial charge is 0.0914 e. The van der Waals surface area contributed by atoms with Crippen LogP contribution < -0.4 is 0 Å². The smallest absolute Gasteiger partial charge is 0.0177 e. The fraction of sp³-hybridized carbons (Fsp3) is 0.750. The number of allylic oxidation sites excluding steroid dienone is 2. The first-order valence-electron chi connectivity index (χ1n) is 3.29. The lowest BCUT2D eigenvalue weighted by molar-refractivity contribution is 0.610.